The molecule has 0 saturated carbocycles. The number of carboxylic acids is 1. The van der Waals surface area contributed by atoms with E-state index in [4.69, 9.17) is 23.7 Å². The molecule has 12 nitrogen and oxygen atoms in total. The van der Waals surface area contributed by atoms with Crippen molar-refractivity contribution in [2.45, 2.75) is 302 Å². The second kappa shape index (κ2) is 56.1. The summed E-state index contributed by atoms with van der Waals surface area (Å²) in [6, 6.07) is 0. The average Bonchev–Trinajstić information content (AvgIpc) is 3.53. The van der Waals surface area contributed by atoms with Gasteiger partial charge >= 0.3 is 23.9 Å². The molecular formula is C69H114O12. The predicted molar refractivity (Wildman–Crippen MR) is 331 cm³/mol. The van der Waals surface area contributed by atoms with Crippen molar-refractivity contribution in [3.05, 3.63) is 97.2 Å². The van der Waals surface area contributed by atoms with E-state index in [0.29, 0.717) is 19.3 Å². The fraction of sp³-hybridized carbons (Fsp3) is 0.710. The summed E-state index contributed by atoms with van der Waals surface area (Å²) in [5.41, 5.74) is 0. The monoisotopic (exact) mass is 1130 g/mol. The topological polar surface area (TPSA) is 175 Å². The molecule has 0 spiro atoms. The summed E-state index contributed by atoms with van der Waals surface area (Å²) in [6.07, 6.45) is 62.3. The predicted octanol–water partition coefficient (Wildman–Crippen LogP) is 17.2. The lowest BCUT2D eigenvalue weighted by atomic mass is 9.98. The van der Waals surface area contributed by atoms with Crippen LogP contribution >= 0.6 is 0 Å². The van der Waals surface area contributed by atoms with Gasteiger partial charge in [0.05, 0.1) is 6.61 Å². The van der Waals surface area contributed by atoms with Gasteiger partial charge in [-0.25, -0.2) is 4.79 Å². The van der Waals surface area contributed by atoms with E-state index in [1.54, 1.807) is 0 Å². The summed E-state index contributed by atoms with van der Waals surface area (Å²) in [5.74, 6) is -3.25. The highest BCUT2D eigenvalue weighted by Gasteiger charge is 2.50. The number of hydrogen-bond acceptors (Lipinski definition) is 11. The van der Waals surface area contributed by atoms with Crippen molar-refractivity contribution >= 4 is 23.9 Å². The largest absolute Gasteiger partial charge is 0.479 e. The average molecular weight is 1140 g/mol. The van der Waals surface area contributed by atoms with Crippen molar-refractivity contribution < 1.29 is 58.2 Å². The van der Waals surface area contributed by atoms with Gasteiger partial charge in [-0.05, 0) is 109 Å². The highest BCUT2D eigenvalue weighted by Crippen LogP contribution is 2.26. The van der Waals surface area contributed by atoms with Crippen LogP contribution in [0.2, 0.25) is 0 Å². The molecule has 81 heavy (non-hydrogen) atoms. The summed E-state index contributed by atoms with van der Waals surface area (Å²) < 4.78 is 28.4. The molecule has 1 fully saturated rings. The Kier molecular flexibility index (Phi) is 51.7. The van der Waals surface area contributed by atoms with Crippen molar-refractivity contribution in [2.24, 2.45) is 0 Å². The Labute approximate surface area is 492 Å². The molecule has 1 aliphatic heterocycles. The molecule has 0 aromatic rings. The molecule has 3 N–H and O–H groups in total. The van der Waals surface area contributed by atoms with Gasteiger partial charge < -0.3 is 39.0 Å². The fourth-order valence-electron chi connectivity index (χ4n) is 9.21. The molecule has 1 saturated heterocycles. The van der Waals surface area contributed by atoms with E-state index in [0.717, 1.165) is 116 Å². The lowest BCUT2D eigenvalue weighted by molar-refractivity contribution is -0.301. The maximum absolute atomic E-state index is 13.2. The standard InChI is InChI=1S/C69H114O12/c1-4-7-10-13-16-19-22-25-28-30-31-33-35-37-40-43-46-49-52-55-61(70)77-58-60(79-62(71)56-53-50-47-44-41-38-34-27-24-21-18-15-12-9-6-3)59-78-69-67(65(74)64(73)66(81-69)68(75)76)80-63(72)57-54-51-48-45-42-39-36-32-29-26-23-20-17-14-11-8-5-2/h7,10,16,19,25-29,31,33-34,37,40,46,49,60,64-67,69,73-74H,4-6,8-9,11-15,17-18,20-24,30,32,35-36,38-39,41-45,47-48,50-59H2,1-3H3,(H,75,76)/b10-7-,19-16-,28-25-,29-26-,33-31-,34-27-,40-37-,49-46-. The van der Waals surface area contributed by atoms with Crippen LogP contribution in [0, 0.1) is 0 Å². The van der Waals surface area contributed by atoms with Crippen LogP contribution in [0.1, 0.15) is 265 Å². The van der Waals surface area contributed by atoms with Gasteiger partial charge in [-0.1, -0.05) is 234 Å². The summed E-state index contributed by atoms with van der Waals surface area (Å²) in [7, 11) is 0. The third-order valence-corrected chi connectivity index (χ3v) is 14.1. The van der Waals surface area contributed by atoms with Gasteiger partial charge in [0.1, 0.15) is 18.8 Å². The van der Waals surface area contributed by atoms with E-state index in [2.05, 4.69) is 106 Å². The van der Waals surface area contributed by atoms with Gasteiger partial charge in [-0.3, -0.25) is 14.4 Å². The summed E-state index contributed by atoms with van der Waals surface area (Å²) >= 11 is 0. The summed E-state index contributed by atoms with van der Waals surface area (Å²) in [6.45, 7) is 5.81. The number of esters is 3. The minimum atomic E-state index is -1.92. The number of hydrogen-bond donors (Lipinski definition) is 3. The molecule has 6 atom stereocenters. The maximum Gasteiger partial charge on any atom is 0.335 e. The summed E-state index contributed by atoms with van der Waals surface area (Å²) in [4.78, 5) is 51.3. The smallest absolute Gasteiger partial charge is 0.335 e. The number of aliphatic hydroxyl groups excluding tert-OH is 2. The molecule has 0 aliphatic carbocycles. The molecule has 1 heterocycles. The molecule has 0 radical (unpaired) electrons. The van der Waals surface area contributed by atoms with Crippen LogP contribution in [0.15, 0.2) is 97.2 Å². The first kappa shape index (κ1) is 74.7. The molecule has 462 valence electrons. The number of rotatable bonds is 54. The lowest BCUT2D eigenvalue weighted by Crippen LogP contribution is -2.61. The van der Waals surface area contributed by atoms with Crippen LogP contribution in [0.4, 0.5) is 0 Å². The van der Waals surface area contributed by atoms with Crippen molar-refractivity contribution in [3.63, 3.8) is 0 Å². The van der Waals surface area contributed by atoms with Gasteiger partial charge in [-0.2, -0.15) is 0 Å². The Morgan fingerprint density at radius 2 is 0.802 bits per heavy atom. The molecule has 0 aromatic heterocycles. The number of unbranched alkanes of at least 4 members (excludes halogenated alkanes) is 24. The number of ether oxygens (including phenoxy) is 5. The van der Waals surface area contributed by atoms with Crippen LogP contribution in [0.5, 0.6) is 0 Å². The minimum Gasteiger partial charge on any atom is -0.479 e. The van der Waals surface area contributed by atoms with Crippen LogP contribution < -0.4 is 0 Å². The van der Waals surface area contributed by atoms with Crippen molar-refractivity contribution in [2.75, 3.05) is 13.2 Å². The van der Waals surface area contributed by atoms with E-state index in [1.807, 2.05) is 12.2 Å². The highest BCUT2D eigenvalue weighted by molar-refractivity contribution is 5.74. The minimum absolute atomic E-state index is 0.0446. The van der Waals surface area contributed by atoms with Crippen molar-refractivity contribution in [1.82, 2.24) is 0 Å². The van der Waals surface area contributed by atoms with Crippen molar-refractivity contribution in [1.29, 1.82) is 0 Å². The van der Waals surface area contributed by atoms with Gasteiger partial charge in [0.2, 0.25) is 0 Å². The number of aliphatic hydroxyl groups is 2. The SMILES string of the molecule is CC/C=C\C/C=C\C/C=C\C/C=C\C/C=C\C/C=C\CCC(=O)OCC(COC1OC(C(=O)O)C(O)C(O)C1OC(=O)CCCCCCCCC/C=C\CCCCCCCC)OC(=O)CCCCCCC/C=C\CCCCCCCC. The Bertz CT molecular complexity index is 1780. The zero-order valence-electron chi connectivity index (χ0n) is 51.0. The first-order chi connectivity index (χ1) is 39.6. The van der Waals surface area contributed by atoms with Crippen LogP contribution in [0.25, 0.3) is 0 Å². The van der Waals surface area contributed by atoms with E-state index in [9.17, 15) is 34.5 Å². The quantitative estimate of drug-likeness (QED) is 0.0228. The molecule has 6 unspecified atom stereocenters. The van der Waals surface area contributed by atoms with Gasteiger partial charge in [0, 0.05) is 19.3 Å². The molecule has 1 aliphatic rings. The van der Waals surface area contributed by atoms with E-state index < -0.39 is 67.3 Å². The van der Waals surface area contributed by atoms with E-state index in [1.165, 1.54) is 89.9 Å². The van der Waals surface area contributed by atoms with E-state index >= 15 is 0 Å². The number of carboxylic acid groups (broad SMARTS) is 1. The number of carbonyl (C=O) groups is 4. The summed E-state index contributed by atoms with van der Waals surface area (Å²) in [5, 5.41) is 31.6. The lowest BCUT2D eigenvalue weighted by Gasteiger charge is -2.40. The Hall–Kier alpha value is -4.36. The molecule has 12 heteroatoms. The first-order valence-electron chi connectivity index (χ1n) is 32.2. The number of allylic oxidation sites excluding steroid dienone is 16. The zero-order chi connectivity index (χ0) is 58.9. The Balaban J connectivity index is 2.72. The third-order valence-electron chi connectivity index (χ3n) is 14.1. The van der Waals surface area contributed by atoms with Crippen LogP contribution in [-0.4, -0.2) is 89.2 Å². The van der Waals surface area contributed by atoms with Gasteiger partial charge in [0.25, 0.3) is 0 Å². The fourth-order valence-corrected chi connectivity index (χ4v) is 9.21. The Morgan fingerprint density at radius 3 is 1.23 bits per heavy atom. The molecule has 0 bridgehead atoms. The third kappa shape index (κ3) is 45.8. The molecule has 1 rings (SSSR count). The van der Waals surface area contributed by atoms with E-state index in [-0.39, 0.29) is 25.9 Å². The van der Waals surface area contributed by atoms with Crippen LogP contribution in [0.3, 0.4) is 0 Å². The second-order valence-electron chi connectivity index (χ2n) is 21.7. The van der Waals surface area contributed by atoms with Crippen molar-refractivity contribution in [3.8, 4) is 0 Å². The normalized spacial score (nSPS) is 18.4. The van der Waals surface area contributed by atoms with Gasteiger partial charge in [-0.15, -0.1) is 0 Å². The number of aliphatic carboxylic acids is 1. The van der Waals surface area contributed by atoms with Gasteiger partial charge in [0.15, 0.2) is 24.6 Å². The first-order valence-corrected chi connectivity index (χ1v) is 32.2. The number of carbonyl (C=O) groups excluding carboxylic acids is 3. The zero-order valence-corrected chi connectivity index (χ0v) is 51.0. The second-order valence-corrected chi connectivity index (χ2v) is 21.7. The Morgan fingerprint density at radius 1 is 0.420 bits per heavy atom. The highest BCUT2D eigenvalue weighted by atomic mass is 16.7. The maximum atomic E-state index is 13.2. The van der Waals surface area contributed by atoms with Crippen LogP contribution in [-0.2, 0) is 42.9 Å². The molecular weight excluding hydrogens is 1020 g/mol. The molecule has 0 aromatic carbocycles. The molecule has 0 amide bonds.